The molecule has 0 aliphatic rings. The molecule has 0 radical (unpaired) electrons. The summed E-state index contributed by atoms with van der Waals surface area (Å²) in [4.78, 5) is 20.9. The Morgan fingerprint density at radius 1 is 1.05 bits per heavy atom. The molecule has 0 aromatic heterocycles. The van der Waals surface area contributed by atoms with Crippen molar-refractivity contribution in [3.8, 4) is 0 Å². The molecule has 0 saturated carbocycles. The summed E-state index contributed by atoms with van der Waals surface area (Å²) in [5.74, 6) is 0. The van der Waals surface area contributed by atoms with Gasteiger partial charge in [-0.1, -0.05) is 6.42 Å². The Labute approximate surface area is 110 Å². The lowest BCUT2D eigenvalue weighted by Crippen LogP contribution is -2.03. The molecule has 0 fully saturated rings. The van der Waals surface area contributed by atoms with Crippen LogP contribution in [0.25, 0.3) is 0 Å². The molecule has 0 spiro atoms. The number of benzene rings is 1. The predicted molar refractivity (Wildman–Crippen MR) is 71.1 cm³/mol. The Kier molecular flexibility index (Phi) is 5.37. The van der Waals surface area contributed by atoms with Gasteiger partial charge >= 0.3 is 0 Å². The zero-order valence-corrected chi connectivity index (χ0v) is 10.8. The second kappa shape index (κ2) is 6.79. The van der Waals surface area contributed by atoms with Crippen LogP contribution in [0.3, 0.4) is 0 Å². The van der Waals surface area contributed by atoms with E-state index in [0.717, 1.165) is 12.8 Å². The lowest BCUT2D eigenvalue weighted by molar-refractivity contribution is -0.395. The third-order valence-corrected chi connectivity index (χ3v) is 2.87. The third kappa shape index (κ3) is 3.99. The van der Waals surface area contributed by atoms with Crippen molar-refractivity contribution in [2.24, 2.45) is 5.73 Å². The summed E-state index contributed by atoms with van der Waals surface area (Å²) in [5.41, 5.74) is 5.76. The number of hydrogen-bond donors (Lipinski definition) is 1. The highest BCUT2D eigenvalue weighted by molar-refractivity contribution is 5.56. The number of nitrogens with zero attached hydrogens (tertiary/aromatic N) is 2. The van der Waals surface area contributed by atoms with Gasteiger partial charge in [-0.15, -0.1) is 0 Å². The Hall–Kier alpha value is -2.02. The molecule has 1 aromatic rings. The van der Waals surface area contributed by atoms with Crippen LogP contribution in [-0.2, 0) is 6.42 Å². The number of hydrogen-bond acceptors (Lipinski definition) is 5. The fraction of sp³-hybridized carbons (Fsp3) is 0.500. The standard InChI is InChI=1S/C12H17N3O4/c1-9-7-11(14(16)17)10(5-3-2-4-6-13)12(8-9)15(18)19/h7-8H,2-6,13H2,1H3. The molecule has 0 amide bonds. The van der Waals surface area contributed by atoms with Crippen molar-refractivity contribution in [2.75, 3.05) is 6.54 Å². The van der Waals surface area contributed by atoms with E-state index in [2.05, 4.69) is 0 Å². The van der Waals surface area contributed by atoms with Crippen LogP contribution in [-0.4, -0.2) is 16.4 Å². The monoisotopic (exact) mass is 267 g/mol. The Balaban J connectivity index is 3.09. The molecular formula is C12H17N3O4. The van der Waals surface area contributed by atoms with E-state index in [1.807, 2.05) is 0 Å². The normalized spacial score (nSPS) is 10.4. The summed E-state index contributed by atoms with van der Waals surface area (Å²) in [5, 5.41) is 22.0. The zero-order chi connectivity index (χ0) is 14.4. The third-order valence-electron chi connectivity index (χ3n) is 2.87. The van der Waals surface area contributed by atoms with E-state index >= 15 is 0 Å². The summed E-state index contributed by atoms with van der Waals surface area (Å²) in [6.45, 7) is 2.16. The van der Waals surface area contributed by atoms with E-state index in [0.29, 0.717) is 24.9 Å². The van der Waals surface area contributed by atoms with Gasteiger partial charge in [0.2, 0.25) is 0 Å². The van der Waals surface area contributed by atoms with Crippen LogP contribution in [0.4, 0.5) is 11.4 Å². The molecule has 0 bridgehead atoms. The summed E-state index contributed by atoms with van der Waals surface area (Å²) < 4.78 is 0. The van der Waals surface area contributed by atoms with Crippen molar-refractivity contribution < 1.29 is 9.85 Å². The maximum absolute atomic E-state index is 11.0. The first-order valence-corrected chi connectivity index (χ1v) is 6.09. The predicted octanol–water partition coefficient (Wildman–Crippen LogP) is 2.48. The van der Waals surface area contributed by atoms with Crippen molar-refractivity contribution in [3.05, 3.63) is 43.5 Å². The van der Waals surface area contributed by atoms with Gasteiger partial charge in [0.05, 0.1) is 9.85 Å². The van der Waals surface area contributed by atoms with Crippen LogP contribution < -0.4 is 5.73 Å². The van der Waals surface area contributed by atoms with Gasteiger partial charge in [-0.25, -0.2) is 0 Å². The van der Waals surface area contributed by atoms with E-state index in [1.54, 1.807) is 6.92 Å². The average molecular weight is 267 g/mol. The molecule has 2 N–H and O–H groups in total. The summed E-state index contributed by atoms with van der Waals surface area (Å²) in [6.07, 6.45) is 2.60. The number of aryl methyl sites for hydroxylation is 1. The fourth-order valence-corrected chi connectivity index (χ4v) is 1.98. The van der Waals surface area contributed by atoms with E-state index in [1.165, 1.54) is 12.1 Å². The van der Waals surface area contributed by atoms with Gasteiger partial charge in [0, 0.05) is 12.1 Å². The lowest BCUT2D eigenvalue weighted by Gasteiger charge is -2.05. The van der Waals surface area contributed by atoms with E-state index < -0.39 is 9.85 Å². The molecule has 0 unspecified atom stereocenters. The maximum atomic E-state index is 11.0. The van der Waals surface area contributed by atoms with Gasteiger partial charge in [0.25, 0.3) is 11.4 Å². The first-order chi connectivity index (χ1) is 8.97. The van der Waals surface area contributed by atoms with Crippen LogP contribution in [0.2, 0.25) is 0 Å². The number of nitro benzene ring substituents is 2. The summed E-state index contributed by atoms with van der Waals surface area (Å²) in [7, 11) is 0. The fourth-order valence-electron chi connectivity index (χ4n) is 1.98. The molecule has 0 heterocycles. The van der Waals surface area contributed by atoms with Gasteiger partial charge < -0.3 is 5.73 Å². The molecule has 7 heteroatoms. The van der Waals surface area contributed by atoms with Gasteiger partial charge in [0.15, 0.2) is 0 Å². The highest BCUT2D eigenvalue weighted by Gasteiger charge is 2.25. The van der Waals surface area contributed by atoms with E-state index in [9.17, 15) is 20.2 Å². The van der Waals surface area contributed by atoms with Crippen molar-refractivity contribution in [2.45, 2.75) is 32.6 Å². The molecular weight excluding hydrogens is 250 g/mol. The highest BCUT2D eigenvalue weighted by Crippen LogP contribution is 2.31. The summed E-state index contributed by atoms with van der Waals surface area (Å²) >= 11 is 0. The number of rotatable bonds is 7. The minimum atomic E-state index is -0.557. The molecule has 1 aromatic carbocycles. The molecule has 0 aliphatic heterocycles. The average Bonchev–Trinajstić information content (AvgIpc) is 2.34. The quantitative estimate of drug-likeness (QED) is 0.463. The largest absolute Gasteiger partial charge is 0.330 e. The van der Waals surface area contributed by atoms with E-state index in [4.69, 9.17) is 5.73 Å². The smallest absolute Gasteiger partial charge is 0.279 e. The van der Waals surface area contributed by atoms with Crippen LogP contribution in [0.15, 0.2) is 12.1 Å². The number of nitro groups is 2. The molecule has 0 saturated heterocycles. The van der Waals surface area contributed by atoms with Crippen molar-refractivity contribution >= 4 is 11.4 Å². The maximum Gasteiger partial charge on any atom is 0.279 e. The second-order valence-corrected chi connectivity index (χ2v) is 4.40. The highest BCUT2D eigenvalue weighted by atomic mass is 16.6. The molecule has 104 valence electrons. The van der Waals surface area contributed by atoms with Crippen LogP contribution in [0.1, 0.15) is 30.4 Å². The van der Waals surface area contributed by atoms with E-state index in [-0.39, 0.29) is 16.9 Å². The minimum absolute atomic E-state index is 0.167. The molecule has 19 heavy (non-hydrogen) atoms. The Bertz CT molecular complexity index is 453. The minimum Gasteiger partial charge on any atom is -0.330 e. The molecule has 0 atom stereocenters. The zero-order valence-electron chi connectivity index (χ0n) is 10.8. The van der Waals surface area contributed by atoms with Crippen molar-refractivity contribution in [1.29, 1.82) is 0 Å². The molecule has 1 rings (SSSR count). The summed E-state index contributed by atoms with van der Waals surface area (Å²) in [6, 6.07) is 2.76. The molecule has 7 nitrogen and oxygen atoms in total. The molecule has 0 aliphatic carbocycles. The van der Waals surface area contributed by atoms with Gasteiger partial charge in [-0.05, 0) is 38.3 Å². The van der Waals surface area contributed by atoms with Crippen LogP contribution in [0, 0.1) is 27.2 Å². The lowest BCUT2D eigenvalue weighted by atomic mass is 10.0. The Morgan fingerprint density at radius 3 is 2.00 bits per heavy atom. The van der Waals surface area contributed by atoms with Crippen molar-refractivity contribution in [3.63, 3.8) is 0 Å². The van der Waals surface area contributed by atoms with Crippen LogP contribution in [0.5, 0.6) is 0 Å². The number of nitrogens with two attached hydrogens (primary N) is 1. The first kappa shape index (κ1) is 15.0. The Morgan fingerprint density at radius 2 is 1.58 bits per heavy atom. The first-order valence-electron chi connectivity index (χ1n) is 6.09. The topological polar surface area (TPSA) is 112 Å². The van der Waals surface area contributed by atoms with Gasteiger partial charge in [-0.3, -0.25) is 20.2 Å². The van der Waals surface area contributed by atoms with Gasteiger partial charge in [0.1, 0.15) is 5.56 Å². The second-order valence-electron chi connectivity index (χ2n) is 4.40. The SMILES string of the molecule is Cc1cc([N+](=O)[O-])c(CCCCCN)c([N+](=O)[O-])c1. The van der Waals surface area contributed by atoms with Gasteiger partial charge in [-0.2, -0.15) is 0 Å². The van der Waals surface area contributed by atoms with Crippen LogP contribution >= 0.6 is 0 Å². The number of unbranched alkanes of at least 4 members (excludes halogenated alkanes) is 2. The van der Waals surface area contributed by atoms with Crippen molar-refractivity contribution in [1.82, 2.24) is 0 Å².